The van der Waals surface area contributed by atoms with Crippen LogP contribution in [0.4, 0.5) is 11.4 Å². The Hall–Kier alpha value is -3.58. The highest BCUT2D eigenvalue weighted by molar-refractivity contribution is 8.00. The lowest BCUT2D eigenvalue weighted by atomic mass is 10.1. The lowest BCUT2D eigenvalue weighted by Crippen LogP contribution is -2.23. The zero-order valence-corrected chi connectivity index (χ0v) is 18.8. The minimum atomic E-state index is -1.16. The molecule has 6 nitrogen and oxygen atoms in total. The second-order valence-corrected chi connectivity index (χ2v) is 8.74. The van der Waals surface area contributed by atoms with E-state index in [4.69, 9.17) is 0 Å². The number of aryl methyl sites for hydroxylation is 1. The average Bonchev–Trinajstić information content (AvgIpc) is 2.77. The average molecular weight is 449 g/mol. The number of hydrogen-bond acceptors (Lipinski definition) is 4. The van der Waals surface area contributed by atoms with Gasteiger partial charge in [0.25, 0.3) is 5.91 Å². The maximum Gasteiger partial charge on any atom is 0.336 e. The zero-order chi connectivity index (χ0) is 23.3. The molecule has 3 rings (SSSR count). The quantitative estimate of drug-likeness (QED) is 0.422. The van der Waals surface area contributed by atoms with Gasteiger partial charge in [-0.25, -0.2) is 4.79 Å². The zero-order valence-electron chi connectivity index (χ0n) is 18.0. The first-order chi connectivity index (χ1) is 15.3. The van der Waals surface area contributed by atoms with Crippen molar-refractivity contribution >= 4 is 40.9 Å². The van der Waals surface area contributed by atoms with Gasteiger partial charge in [0.15, 0.2) is 0 Å². The Morgan fingerprint density at radius 1 is 0.875 bits per heavy atom. The molecule has 0 aromatic heterocycles. The van der Waals surface area contributed by atoms with E-state index in [1.54, 1.807) is 30.3 Å². The molecule has 0 aliphatic heterocycles. The van der Waals surface area contributed by atoms with Gasteiger partial charge < -0.3 is 15.7 Å². The Balaban J connectivity index is 1.68. The minimum Gasteiger partial charge on any atom is -0.478 e. The summed E-state index contributed by atoms with van der Waals surface area (Å²) in [5, 5.41) is 14.6. The van der Waals surface area contributed by atoms with E-state index in [1.165, 1.54) is 23.9 Å². The molecule has 0 fully saturated rings. The second kappa shape index (κ2) is 10.2. The number of aromatic carboxylic acids is 1. The molecule has 0 bridgehead atoms. The summed E-state index contributed by atoms with van der Waals surface area (Å²) in [5.41, 5.74) is 3.47. The molecule has 3 N–H and O–H groups in total. The summed E-state index contributed by atoms with van der Waals surface area (Å²) in [6.45, 7) is 5.79. The van der Waals surface area contributed by atoms with Gasteiger partial charge in [0.1, 0.15) is 0 Å². The molecule has 1 unspecified atom stereocenters. The lowest BCUT2D eigenvalue weighted by Gasteiger charge is -2.15. The number of nitrogens with one attached hydrogen (secondary N) is 2. The van der Waals surface area contributed by atoms with Crippen LogP contribution in [-0.4, -0.2) is 28.1 Å². The van der Waals surface area contributed by atoms with E-state index in [1.807, 2.05) is 45.0 Å². The first-order valence-electron chi connectivity index (χ1n) is 10.0. The van der Waals surface area contributed by atoms with Gasteiger partial charge in [-0.2, -0.15) is 0 Å². The van der Waals surface area contributed by atoms with Crippen molar-refractivity contribution in [2.45, 2.75) is 30.9 Å². The summed E-state index contributed by atoms with van der Waals surface area (Å²) in [6.07, 6.45) is 0. The molecule has 0 heterocycles. The molecule has 32 heavy (non-hydrogen) atoms. The highest BCUT2D eigenvalue weighted by Gasteiger charge is 2.18. The van der Waals surface area contributed by atoms with Crippen molar-refractivity contribution in [2.75, 3.05) is 10.6 Å². The van der Waals surface area contributed by atoms with Crippen LogP contribution >= 0.6 is 11.8 Å². The Bertz CT molecular complexity index is 1180. The molecule has 0 aliphatic rings. The van der Waals surface area contributed by atoms with Gasteiger partial charge in [-0.15, -0.1) is 11.8 Å². The Morgan fingerprint density at radius 3 is 2.28 bits per heavy atom. The van der Waals surface area contributed by atoms with E-state index in [0.29, 0.717) is 5.69 Å². The fraction of sp³-hybridized carbons (Fsp3) is 0.160. The standard InChI is InChI=1S/C25H24N2O4S/c1-15-8-6-13-22(16(15)2)27-23(28)17(3)32-19-10-7-9-18(14-19)26-24(29)20-11-4-5-12-21(20)25(30)31/h4-14,17H,1-3H3,(H,26,29)(H,27,28)(H,30,31). The number of carboxylic acid groups (broad SMARTS) is 1. The van der Waals surface area contributed by atoms with Crippen molar-refractivity contribution in [3.8, 4) is 0 Å². The summed E-state index contributed by atoms with van der Waals surface area (Å²) >= 11 is 1.37. The Morgan fingerprint density at radius 2 is 1.56 bits per heavy atom. The first-order valence-corrected chi connectivity index (χ1v) is 10.9. The number of benzene rings is 3. The Labute approximate surface area is 191 Å². The molecular formula is C25H24N2O4S. The maximum atomic E-state index is 12.7. The molecule has 2 amide bonds. The molecule has 7 heteroatoms. The molecule has 0 aliphatic carbocycles. The van der Waals surface area contributed by atoms with Crippen LogP contribution in [0.5, 0.6) is 0 Å². The summed E-state index contributed by atoms with van der Waals surface area (Å²) < 4.78 is 0. The number of carbonyl (C=O) groups is 3. The third kappa shape index (κ3) is 5.56. The second-order valence-electron chi connectivity index (χ2n) is 7.33. The number of rotatable bonds is 7. The molecule has 3 aromatic carbocycles. The van der Waals surface area contributed by atoms with Crippen LogP contribution in [0.1, 0.15) is 38.8 Å². The highest BCUT2D eigenvalue weighted by Crippen LogP contribution is 2.28. The van der Waals surface area contributed by atoms with Gasteiger partial charge in [-0.1, -0.05) is 30.3 Å². The van der Waals surface area contributed by atoms with E-state index in [0.717, 1.165) is 21.7 Å². The van der Waals surface area contributed by atoms with Crippen molar-refractivity contribution < 1.29 is 19.5 Å². The first kappa shape index (κ1) is 23.1. The van der Waals surface area contributed by atoms with E-state index in [2.05, 4.69) is 10.6 Å². The van der Waals surface area contributed by atoms with Crippen molar-refractivity contribution in [1.29, 1.82) is 0 Å². The van der Waals surface area contributed by atoms with Crippen molar-refractivity contribution in [1.82, 2.24) is 0 Å². The number of carbonyl (C=O) groups excluding carboxylic acids is 2. The van der Waals surface area contributed by atoms with Gasteiger partial charge >= 0.3 is 5.97 Å². The molecule has 0 saturated carbocycles. The fourth-order valence-electron chi connectivity index (χ4n) is 3.09. The molecular weight excluding hydrogens is 424 g/mol. The predicted octanol–water partition coefficient (Wildman–Crippen LogP) is 5.37. The third-order valence-corrected chi connectivity index (χ3v) is 6.13. The van der Waals surface area contributed by atoms with Crippen molar-refractivity contribution in [2.24, 2.45) is 0 Å². The van der Waals surface area contributed by atoms with E-state index >= 15 is 0 Å². The maximum absolute atomic E-state index is 12.7. The van der Waals surface area contributed by atoms with Crippen LogP contribution in [0.15, 0.2) is 71.6 Å². The van der Waals surface area contributed by atoms with Crippen molar-refractivity contribution in [3.05, 3.63) is 89.0 Å². The van der Waals surface area contributed by atoms with Crippen LogP contribution in [0, 0.1) is 13.8 Å². The van der Waals surface area contributed by atoms with Gasteiger partial charge in [0, 0.05) is 16.3 Å². The highest BCUT2D eigenvalue weighted by atomic mass is 32.2. The van der Waals surface area contributed by atoms with E-state index < -0.39 is 11.9 Å². The monoisotopic (exact) mass is 448 g/mol. The van der Waals surface area contributed by atoms with Crippen LogP contribution in [0.2, 0.25) is 0 Å². The molecule has 0 spiro atoms. The third-order valence-electron chi connectivity index (χ3n) is 5.04. The van der Waals surface area contributed by atoms with Crippen LogP contribution in [0.3, 0.4) is 0 Å². The number of anilines is 2. The molecule has 0 saturated heterocycles. The molecule has 3 aromatic rings. The van der Waals surface area contributed by atoms with Crippen molar-refractivity contribution in [3.63, 3.8) is 0 Å². The minimum absolute atomic E-state index is 0.0627. The van der Waals surface area contributed by atoms with Crippen LogP contribution in [-0.2, 0) is 4.79 Å². The molecule has 1 atom stereocenters. The molecule has 164 valence electrons. The summed E-state index contributed by atoms with van der Waals surface area (Å²) in [4.78, 5) is 37.4. The summed E-state index contributed by atoms with van der Waals surface area (Å²) in [7, 11) is 0. The number of amides is 2. The normalized spacial score (nSPS) is 11.5. The predicted molar refractivity (Wildman–Crippen MR) is 128 cm³/mol. The van der Waals surface area contributed by atoms with Crippen LogP contribution < -0.4 is 10.6 Å². The summed E-state index contributed by atoms with van der Waals surface area (Å²) in [5.74, 6) is -1.79. The fourth-order valence-corrected chi connectivity index (χ4v) is 4.02. The largest absolute Gasteiger partial charge is 0.478 e. The van der Waals surface area contributed by atoms with Gasteiger partial charge in [-0.3, -0.25) is 9.59 Å². The van der Waals surface area contributed by atoms with E-state index in [-0.39, 0.29) is 22.3 Å². The Kier molecular flexibility index (Phi) is 7.33. The van der Waals surface area contributed by atoms with Gasteiger partial charge in [0.05, 0.1) is 16.4 Å². The van der Waals surface area contributed by atoms with E-state index in [9.17, 15) is 19.5 Å². The SMILES string of the molecule is Cc1cccc(NC(=O)C(C)Sc2cccc(NC(=O)c3ccccc3C(=O)O)c2)c1C. The number of thioether (sulfide) groups is 1. The number of hydrogen-bond donors (Lipinski definition) is 3. The lowest BCUT2D eigenvalue weighted by molar-refractivity contribution is -0.115. The molecule has 0 radical (unpaired) electrons. The topological polar surface area (TPSA) is 95.5 Å². The van der Waals surface area contributed by atoms with Gasteiger partial charge in [0.2, 0.25) is 5.91 Å². The van der Waals surface area contributed by atoms with Crippen LogP contribution in [0.25, 0.3) is 0 Å². The summed E-state index contributed by atoms with van der Waals surface area (Å²) in [6, 6.07) is 18.9. The number of carboxylic acids is 1. The van der Waals surface area contributed by atoms with Gasteiger partial charge in [-0.05, 0) is 68.3 Å². The smallest absolute Gasteiger partial charge is 0.336 e.